The summed E-state index contributed by atoms with van der Waals surface area (Å²) in [6.07, 6.45) is 5.34. The zero-order chi connectivity index (χ0) is 23.8. The van der Waals surface area contributed by atoms with Crippen LogP contribution in [-0.4, -0.2) is 79.7 Å². The Balaban J connectivity index is 1.48. The number of benzene rings is 1. The minimum absolute atomic E-state index is 0.113. The molecule has 1 fully saturated rings. The highest BCUT2D eigenvalue weighted by Gasteiger charge is 2.34. The highest BCUT2D eigenvalue weighted by molar-refractivity contribution is 6.41. The van der Waals surface area contributed by atoms with Gasteiger partial charge in [-0.15, -0.1) is 0 Å². The van der Waals surface area contributed by atoms with Crippen LogP contribution in [0, 0.1) is 5.82 Å². The number of amides is 2. The molecule has 2 aromatic heterocycles. The van der Waals surface area contributed by atoms with E-state index in [-0.39, 0.29) is 23.1 Å². The lowest BCUT2D eigenvalue weighted by atomic mass is 9.85. The largest absolute Gasteiger partial charge is 0.389 e. The van der Waals surface area contributed by atoms with Crippen molar-refractivity contribution >= 4 is 23.2 Å². The molecule has 0 unspecified atom stereocenters. The van der Waals surface area contributed by atoms with E-state index in [9.17, 15) is 23.9 Å². The van der Waals surface area contributed by atoms with Crippen LogP contribution in [0.1, 0.15) is 39.4 Å². The third-order valence-electron chi connectivity index (χ3n) is 5.86. The number of nitrogens with zero attached hydrogens (tertiary/aromatic N) is 5. The number of carbonyl (C=O) groups is 3. The number of carbonyl (C=O) groups excluding carboxylic acids is 3. The van der Waals surface area contributed by atoms with Gasteiger partial charge in [-0.25, -0.2) is 14.4 Å². The average molecular weight is 453 g/mol. The van der Waals surface area contributed by atoms with Crippen LogP contribution in [0.5, 0.6) is 0 Å². The first kappa shape index (κ1) is 22.5. The number of piperidine rings is 1. The summed E-state index contributed by atoms with van der Waals surface area (Å²) < 4.78 is 14.5. The molecule has 1 N–H and O–H groups in total. The van der Waals surface area contributed by atoms with Gasteiger partial charge >= 0.3 is 0 Å². The molecule has 1 saturated heterocycles. The maximum Gasteiger partial charge on any atom is 0.297 e. The van der Waals surface area contributed by atoms with Crippen LogP contribution in [0.25, 0.3) is 5.65 Å². The predicted molar refractivity (Wildman–Crippen MR) is 116 cm³/mol. The van der Waals surface area contributed by atoms with Crippen molar-refractivity contribution < 1.29 is 23.9 Å². The van der Waals surface area contributed by atoms with Gasteiger partial charge in [-0.05, 0) is 30.5 Å². The lowest BCUT2D eigenvalue weighted by Crippen LogP contribution is -2.47. The molecular weight excluding hydrogens is 429 g/mol. The van der Waals surface area contributed by atoms with Crippen LogP contribution >= 0.6 is 0 Å². The summed E-state index contributed by atoms with van der Waals surface area (Å²) in [7, 11) is 2.94. The highest BCUT2D eigenvalue weighted by Crippen LogP contribution is 2.27. The number of aromatic nitrogens is 3. The van der Waals surface area contributed by atoms with Crippen molar-refractivity contribution in [1.82, 2.24) is 24.2 Å². The van der Waals surface area contributed by atoms with Crippen molar-refractivity contribution in [1.29, 1.82) is 0 Å². The van der Waals surface area contributed by atoms with Gasteiger partial charge in [-0.1, -0.05) is 12.1 Å². The number of fused-ring (bicyclic) bond motifs is 1. The van der Waals surface area contributed by atoms with E-state index >= 15 is 0 Å². The average Bonchev–Trinajstić information content (AvgIpc) is 3.22. The zero-order valence-electron chi connectivity index (χ0n) is 18.4. The first-order chi connectivity index (χ1) is 15.7. The molecule has 0 saturated carbocycles. The smallest absolute Gasteiger partial charge is 0.297 e. The van der Waals surface area contributed by atoms with E-state index in [1.54, 1.807) is 17.0 Å². The maximum absolute atomic E-state index is 13.1. The third-order valence-corrected chi connectivity index (χ3v) is 5.86. The summed E-state index contributed by atoms with van der Waals surface area (Å²) in [5.41, 5.74) is 0.440. The predicted octanol–water partition coefficient (Wildman–Crippen LogP) is 1.35. The summed E-state index contributed by atoms with van der Waals surface area (Å²) >= 11 is 0. The number of hydrogen-bond donors (Lipinski definition) is 1. The van der Waals surface area contributed by atoms with E-state index in [4.69, 9.17) is 0 Å². The minimum atomic E-state index is -0.979. The zero-order valence-corrected chi connectivity index (χ0v) is 18.4. The van der Waals surface area contributed by atoms with E-state index in [1.807, 2.05) is 0 Å². The van der Waals surface area contributed by atoms with Crippen LogP contribution < -0.4 is 0 Å². The Morgan fingerprint density at radius 2 is 1.76 bits per heavy atom. The molecule has 10 heteroatoms. The van der Waals surface area contributed by atoms with Crippen molar-refractivity contribution in [2.24, 2.45) is 0 Å². The quantitative estimate of drug-likeness (QED) is 0.462. The van der Waals surface area contributed by atoms with Gasteiger partial charge in [0.1, 0.15) is 5.82 Å². The molecule has 0 aliphatic carbocycles. The second-order valence-corrected chi connectivity index (χ2v) is 8.50. The molecule has 0 atom stereocenters. The molecule has 1 aliphatic heterocycles. The Morgan fingerprint density at radius 1 is 1.09 bits per heavy atom. The molecule has 33 heavy (non-hydrogen) atoms. The standard InChI is InChI=1S/C23H24FN5O4/c1-27(2)22(32)19(30)20-26-13-18-25-12-16(14-29(18)20)21(31)28-9-7-23(33,8-10-28)11-15-3-5-17(24)6-4-15/h3-6,12-14,33H,7-11H2,1-2H3. The number of halogens is 1. The molecule has 172 valence electrons. The van der Waals surface area contributed by atoms with E-state index in [0.29, 0.717) is 38.0 Å². The molecule has 3 heterocycles. The van der Waals surface area contributed by atoms with E-state index in [0.717, 1.165) is 10.5 Å². The van der Waals surface area contributed by atoms with Gasteiger partial charge < -0.3 is 14.9 Å². The van der Waals surface area contributed by atoms with Crippen LogP contribution in [0.3, 0.4) is 0 Å². The van der Waals surface area contributed by atoms with Gasteiger partial charge in [0.2, 0.25) is 0 Å². The second-order valence-electron chi connectivity index (χ2n) is 8.50. The maximum atomic E-state index is 13.1. The number of hydrogen-bond acceptors (Lipinski definition) is 6. The number of ketones is 1. The monoisotopic (exact) mass is 453 g/mol. The van der Waals surface area contributed by atoms with Crippen LogP contribution in [0.4, 0.5) is 4.39 Å². The van der Waals surface area contributed by atoms with Crippen LogP contribution in [-0.2, 0) is 11.2 Å². The second kappa shape index (κ2) is 8.70. The fraction of sp³-hybridized carbons (Fsp3) is 0.348. The molecule has 0 radical (unpaired) electrons. The van der Waals surface area contributed by atoms with E-state index in [1.165, 1.54) is 49.2 Å². The summed E-state index contributed by atoms with van der Waals surface area (Å²) in [5.74, 6) is -2.26. The summed E-state index contributed by atoms with van der Waals surface area (Å²) in [6, 6.07) is 6.02. The summed E-state index contributed by atoms with van der Waals surface area (Å²) in [6.45, 7) is 0.673. The van der Waals surface area contributed by atoms with Gasteiger partial charge in [0.15, 0.2) is 11.5 Å². The molecular formula is C23H24FN5O4. The summed E-state index contributed by atoms with van der Waals surface area (Å²) in [5, 5.41) is 10.9. The molecule has 1 aliphatic rings. The SMILES string of the molecule is CN(C)C(=O)C(=O)c1ncc2ncc(C(=O)N3CCC(O)(Cc4ccc(F)cc4)CC3)cn12. The van der Waals surface area contributed by atoms with Crippen LogP contribution in [0.15, 0.2) is 42.9 Å². The van der Waals surface area contributed by atoms with Crippen LogP contribution in [0.2, 0.25) is 0 Å². The number of aliphatic hydroxyl groups is 1. The fourth-order valence-corrected chi connectivity index (χ4v) is 3.93. The van der Waals surface area contributed by atoms with Gasteiger partial charge in [-0.3, -0.25) is 18.8 Å². The first-order valence-electron chi connectivity index (χ1n) is 10.5. The lowest BCUT2D eigenvalue weighted by Gasteiger charge is -2.38. The van der Waals surface area contributed by atoms with Crippen molar-refractivity contribution in [2.45, 2.75) is 24.9 Å². The van der Waals surface area contributed by atoms with Gasteiger partial charge in [0.05, 0.1) is 17.4 Å². The molecule has 0 bridgehead atoms. The molecule has 3 aromatic rings. The van der Waals surface area contributed by atoms with Crippen molar-refractivity contribution in [2.75, 3.05) is 27.2 Å². The fourth-order valence-electron chi connectivity index (χ4n) is 3.93. The van der Waals surface area contributed by atoms with Crippen molar-refractivity contribution in [3.05, 3.63) is 65.6 Å². The number of imidazole rings is 1. The molecule has 2 amide bonds. The number of rotatable bonds is 5. The van der Waals surface area contributed by atoms with Gasteiger partial charge in [0.25, 0.3) is 17.6 Å². The normalized spacial score (nSPS) is 15.5. The Hall–Kier alpha value is -3.66. The molecule has 0 spiro atoms. The Labute approximate surface area is 189 Å². The molecule has 4 rings (SSSR count). The minimum Gasteiger partial charge on any atom is -0.389 e. The number of likely N-dealkylation sites (N-methyl/N-ethyl adjacent to an activating group) is 1. The number of likely N-dealkylation sites (tertiary alicyclic amines) is 1. The molecule has 1 aromatic carbocycles. The van der Waals surface area contributed by atoms with Crippen molar-refractivity contribution in [3.63, 3.8) is 0 Å². The topological polar surface area (TPSA) is 108 Å². The van der Waals surface area contributed by atoms with Crippen molar-refractivity contribution in [3.8, 4) is 0 Å². The first-order valence-corrected chi connectivity index (χ1v) is 10.5. The summed E-state index contributed by atoms with van der Waals surface area (Å²) in [4.78, 5) is 48.5. The Kier molecular flexibility index (Phi) is 5.94. The highest BCUT2D eigenvalue weighted by atomic mass is 19.1. The van der Waals surface area contributed by atoms with Gasteiger partial charge in [-0.2, -0.15) is 0 Å². The van der Waals surface area contributed by atoms with E-state index < -0.39 is 17.3 Å². The number of Topliss-reactive ketones (excluding diaryl/α,β-unsaturated/α-hetero) is 1. The molecule has 9 nitrogen and oxygen atoms in total. The third kappa shape index (κ3) is 4.61. The lowest BCUT2D eigenvalue weighted by molar-refractivity contribution is -0.124. The Bertz CT molecular complexity index is 1210. The van der Waals surface area contributed by atoms with E-state index in [2.05, 4.69) is 9.97 Å². The Morgan fingerprint density at radius 3 is 2.39 bits per heavy atom. The van der Waals surface area contributed by atoms with Gasteiger partial charge in [0, 0.05) is 46.0 Å².